The largest absolute Gasteiger partial charge is 0.459 e. The number of hydrogen-bond acceptors (Lipinski definition) is 3. The van der Waals surface area contributed by atoms with Crippen molar-refractivity contribution in [3.05, 3.63) is 12.7 Å². The van der Waals surface area contributed by atoms with E-state index in [-0.39, 0.29) is 0 Å². The Kier molecular flexibility index (Phi) is 3.66. The Morgan fingerprint density at radius 1 is 1.50 bits per heavy atom. The molecule has 0 amide bonds. The van der Waals surface area contributed by atoms with E-state index in [4.69, 9.17) is 0 Å². The summed E-state index contributed by atoms with van der Waals surface area (Å²) in [5.74, 6) is 2.73. The van der Waals surface area contributed by atoms with Crippen LogP contribution in [0.2, 0.25) is 0 Å². The molecule has 0 saturated heterocycles. The Labute approximate surface area is 58.7 Å². The van der Waals surface area contributed by atoms with E-state index in [1.54, 1.807) is 0 Å². The second kappa shape index (κ2) is 4.33. The standard InChI is InChI=1S/C7H6O3/c1-3-6(8)4-5-7(9)10-2/h3H,1H2,2H3. The summed E-state index contributed by atoms with van der Waals surface area (Å²) in [6.45, 7) is 3.16. The maximum Gasteiger partial charge on any atom is 0.384 e. The number of rotatable bonds is 1. The lowest BCUT2D eigenvalue weighted by atomic mass is 10.4. The van der Waals surface area contributed by atoms with Gasteiger partial charge in [-0.05, 0) is 12.0 Å². The van der Waals surface area contributed by atoms with Gasteiger partial charge in [-0.15, -0.1) is 0 Å². The molecule has 0 atom stereocenters. The van der Waals surface area contributed by atoms with E-state index >= 15 is 0 Å². The van der Waals surface area contributed by atoms with Crippen LogP contribution in [0.4, 0.5) is 0 Å². The monoisotopic (exact) mass is 138 g/mol. The van der Waals surface area contributed by atoms with Crippen molar-refractivity contribution in [3.8, 4) is 11.8 Å². The molecule has 0 saturated carbocycles. The molecule has 3 nitrogen and oxygen atoms in total. The predicted molar refractivity (Wildman–Crippen MR) is 35.0 cm³/mol. The summed E-state index contributed by atoms with van der Waals surface area (Å²) in [5, 5.41) is 0. The predicted octanol–water partition coefficient (Wildman–Crippen LogP) is -0.0821. The Hall–Kier alpha value is -1.56. The van der Waals surface area contributed by atoms with Gasteiger partial charge >= 0.3 is 5.97 Å². The third kappa shape index (κ3) is 3.44. The summed E-state index contributed by atoms with van der Waals surface area (Å²) in [5.41, 5.74) is 0. The molecular weight excluding hydrogens is 132 g/mol. The van der Waals surface area contributed by atoms with Crippen LogP contribution < -0.4 is 0 Å². The van der Waals surface area contributed by atoms with Gasteiger partial charge in [0.15, 0.2) is 0 Å². The molecule has 0 aliphatic rings. The zero-order valence-corrected chi connectivity index (χ0v) is 5.51. The first kappa shape index (κ1) is 8.44. The van der Waals surface area contributed by atoms with E-state index in [2.05, 4.69) is 11.3 Å². The summed E-state index contributed by atoms with van der Waals surface area (Å²) in [7, 11) is 1.19. The Morgan fingerprint density at radius 3 is 2.50 bits per heavy atom. The summed E-state index contributed by atoms with van der Waals surface area (Å²) in [6, 6.07) is 0. The van der Waals surface area contributed by atoms with Crippen LogP contribution in [-0.2, 0) is 14.3 Å². The first-order valence-electron chi connectivity index (χ1n) is 2.47. The molecule has 0 aliphatic heterocycles. The van der Waals surface area contributed by atoms with E-state index in [9.17, 15) is 9.59 Å². The number of hydrogen-bond donors (Lipinski definition) is 0. The van der Waals surface area contributed by atoms with Gasteiger partial charge in [-0.2, -0.15) is 0 Å². The number of esters is 1. The fraction of sp³-hybridized carbons (Fsp3) is 0.143. The van der Waals surface area contributed by atoms with E-state index in [1.165, 1.54) is 7.11 Å². The fourth-order valence-electron chi connectivity index (χ4n) is 0.215. The van der Waals surface area contributed by atoms with Gasteiger partial charge in [0.2, 0.25) is 5.78 Å². The maximum atomic E-state index is 10.3. The second-order valence-electron chi connectivity index (χ2n) is 1.31. The van der Waals surface area contributed by atoms with Crippen molar-refractivity contribution >= 4 is 11.8 Å². The number of allylic oxidation sites excluding steroid dienone is 1. The SMILES string of the molecule is C=CC(=O)C#CC(=O)OC. The zero-order valence-electron chi connectivity index (χ0n) is 5.51. The van der Waals surface area contributed by atoms with Crippen LogP contribution in [0.15, 0.2) is 12.7 Å². The van der Waals surface area contributed by atoms with Crippen LogP contribution >= 0.6 is 0 Å². The average molecular weight is 138 g/mol. The van der Waals surface area contributed by atoms with Crippen molar-refractivity contribution in [2.75, 3.05) is 7.11 Å². The van der Waals surface area contributed by atoms with Crippen LogP contribution in [0.5, 0.6) is 0 Å². The lowest BCUT2D eigenvalue weighted by molar-refractivity contribution is -0.133. The van der Waals surface area contributed by atoms with Crippen LogP contribution in [0.25, 0.3) is 0 Å². The molecule has 0 unspecified atom stereocenters. The lowest BCUT2D eigenvalue weighted by Gasteiger charge is -1.82. The van der Waals surface area contributed by atoms with Crippen LogP contribution in [-0.4, -0.2) is 18.9 Å². The molecule has 0 rings (SSSR count). The third-order valence-electron chi connectivity index (χ3n) is 0.659. The Balaban J connectivity index is 4.03. The molecule has 52 valence electrons. The summed E-state index contributed by atoms with van der Waals surface area (Å²) in [6.07, 6.45) is 1.02. The average Bonchev–Trinajstić information content (AvgIpc) is 1.99. The minimum Gasteiger partial charge on any atom is -0.459 e. The van der Waals surface area contributed by atoms with Gasteiger partial charge in [0.05, 0.1) is 7.11 Å². The van der Waals surface area contributed by atoms with E-state index in [1.807, 2.05) is 11.8 Å². The quantitative estimate of drug-likeness (QED) is 0.167. The van der Waals surface area contributed by atoms with Crippen LogP contribution in [0.3, 0.4) is 0 Å². The van der Waals surface area contributed by atoms with Gasteiger partial charge in [-0.25, -0.2) is 4.79 Å². The molecule has 0 heterocycles. The summed E-state index contributed by atoms with van der Waals surface area (Å²) < 4.78 is 4.15. The highest BCUT2D eigenvalue weighted by Crippen LogP contribution is 1.70. The van der Waals surface area contributed by atoms with Gasteiger partial charge in [0.1, 0.15) is 0 Å². The van der Waals surface area contributed by atoms with Crippen LogP contribution in [0, 0.1) is 11.8 Å². The zero-order chi connectivity index (χ0) is 7.98. The van der Waals surface area contributed by atoms with E-state index < -0.39 is 11.8 Å². The minimum absolute atomic E-state index is 0.495. The molecule has 0 aromatic carbocycles. The lowest BCUT2D eigenvalue weighted by Crippen LogP contribution is -1.96. The topological polar surface area (TPSA) is 43.4 Å². The second-order valence-corrected chi connectivity index (χ2v) is 1.31. The minimum atomic E-state index is -0.727. The van der Waals surface area contributed by atoms with Crippen molar-refractivity contribution in [2.24, 2.45) is 0 Å². The molecule has 3 heteroatoms. The normalized spacial score (nSPS) is 6.90. The first-order chi connectivity index (χ1) is 4.70. The molecule has 0 bridgehead atoms. The van der Waals surface area contributed by atoms with Gasteiger partial charge in [0, 0.05) is 5.92 Å². The molecule has 0 aromatic rings. The van der Waals surface area contributed by atoms with Crippen molar-refractivity contribution in [1.29, 1.82) is 0 Å². The van der Waals surface area contributed by atoms with Gasteiger partial charge in [0.25, 0.3) is 0 Å². The van der Waals surface area contributed by atoms with E-state index in [0.29, 0.717) is 0 Å². The molecule has 0 fully saturated rings. The molecular formula is C7H6O3. The van der Waals surface area contributed by atoms with Crippen molar-refractivity contribution in [2.45, 2.75) is 0 Å². The Bertz CT molecular complexity index is 217. The highest BCUT2D eigenvalue weighted by atomic mass is 16.5. The van der Waals surface area contributed by atoms with Crippen LogP contribution in [0.1, 0.15) is 0 Å². The molecule has 0 aliphatic carbocycles. The first-order valence-corrected chi connectivity index (χ1v) is 2.47. The highest BCUT2D eigenvalue weighted by Gasteiger charge is 1.90. The number of carbonyl (C=O) groups is 2. The summed E-state index contributed by atoms with van der Waals surface area (Å²) in [4.78, 5) is 20.6. The fourth-order valence-corrected chi connectivity index (χ4v) is 0.215. The number of ether oxygens (including phenoxy) is 1. The van der Waals surface area contributed by atoms with Gasteiger partial charge < -0.3 is 4.74 Å². The van der Waals surface area contributed by atoms with E-state index in [0.717, 1.165) is 6.08 Å². The molecule has 10 heavy (non-hydrogen) atoms. The number of ketones is 1. The van der Waals surface area contributed by atoms with Crippen molar-refractivity contribution in [3.63, 3.8) is 0 Å². The summed E-state index contributed by atoms with van der Waals surface area (Å²) >= 11 is 0. The molecule has 0 N–H and O–H groups in total. The molecule has 0 radical (unpaired) electrons. The smallest absolute Gasteiger partial charge is 0.384 e. The van der Waals surface area contributed by atoms with Crippen molar-refractivity contribution in [1.82, 2.24) is 0 Å². The number of methoxy groups -OCH3 is 1. The molecule has 0 aromatic heterocycles. The van der Waals surface area contributed by atoms with Crippen molar-refractivity contribution < 1.29 is 14.3 Å². The molecule has 0 spiro atoms. The highest BCUT2D eigenvalue weighted by molar-refractivity contribution is 6.07. The maximum absolute atomic E-state index is 10.3. The van der Waals surface area contributed by atoms with Gasteiger partial charge in [-0.3, -0.25) is 4.79 Å². The Morgan fingerprint density at radius 2 is 2.10 bits per heavy atom. The van der Waals surface area contributed by atoms with Gasteiger partial charge in [-0.1, -0.05) is 6.58 Å². The number of carbonyl (C=O) groups excluding carboxylic acids is 2. The third-order valence-corrected chi connectivity index (χ3v) is 0.659.